The van der Waals surface area contributed by atoms with E-state index in [-0.39, 0.29) is 11.8 Å². The zero-order valence-corrected chi connectivity index (χ0v) is 11.9. The molecule has 2 N–H and O–H groups in total. The highest BCUT2D eigenvalue weighted by Crippen LogP contribution is 2.29. The standard InChI is InChI=1S/C14H23N3O2/c1-4-10(2)17-6-5-11(16-17)7-13(18)14(3)9-19-8-12(14)15/h5-6,10,12H,4,7-9,15H2,1-3H3. The van der Waals surface area contributed by atoms with Gasteiger partial charge in [-0.25, -0.2) is 0 Å². The van der Waals surface area contributed by atoms with Crippen molar-refractivity contribution < 1.29 is 9.53 Å². The molecule has 5 heteroatoms. The Morgan fingerprint density at radius 1 is 1.74 bits per heavy atom. The fraction of sp³-hybridized carbons (Fsp3) is 0.714. The smallest absolute Gasteiger partial charge is 0.148 e. The maximum absolute atomic E-state index is 12.4. The fourth-order valence-corrected chi connectivity index (χ4v) is 2.25. The van der Waals surface area contributed by atoms with Crippen molar-refractivity contribution in [2.75, 3.05) is 13.2 Å². The lowest BCUT2D eigenvalue weighted by atomic mass is 9.80. The molecule has 2 rings (SSSR count). The number of nitrogens with two attached hydrogens (primary N) is 1. The van der Waals surface area contributed by atoms with Crippen molar-refractivity contribution in [3.63, 3.8) is 0 Å². The van der Waals surface area contributed by atoms with Crippen LogP contribution in [0.4, 0.5) is 0 Å². The minimum atomic E-state index is -0.569. The summed E-state index contributed by atoms with van der Waals surface area (Å²) in [5.74, 6) is 0.118. The maximum atomic E-state index is 12.4. The molecule has 2 heterocycles. The molecule has 3 atom stereocenters. The number of carbonyl (C=O) groups excluding carboxylic acids is 1. The SMILES string of the molecule is CCC(C)n1ccc(CC(=O)C2(C)COCC2N)n1. The first-order chi connectivity index (χ1) is 8.97. The number of ether oxygens (including phenoxy) is 1. The van der Waals surface area contributed by atoms with E-state index in [2.05, 4.69) is 18.9 Å². The van der Waals surface area contributed by atoms with Crippen molar-refractivity contribution in [1.82, 2.24) is 9.78 Å². The van der Waals surface area contributed by atoms with Crippen LogP contribution in [0.15, 0.2) is 12.3 Å². The van der Waals surface area contributed by atoms with Gasteiger partial charge in [0, 0.05) is 18.3 Å². The average molecular weight is 265 g/mol. The van der Waals surface area contributed by atoms with E-state index in [0.717, 1.165) is 12.1 Å². The summed E-state index contributed by atoms with van der Waals surface area (Å²) in [5.41, 5.74) is 6.21. The lowest BCUT2D eigenvalue weighted by Crippen LogP contribution is -2.45. The summed E-state index contributed by atoms with van der Waals surface area (Å²) in [6, 6.07) is 2.06. The fourth-order valence-electron chi connectivity index (χ4n) is 2.25. The maximum Gasteiger partial charge on any atom is 0.148 e. The molecule has 1 aromatic heterocycles. The van der Waals surface area contributed by atoms with Crippen LogP contribution in [0.1, 0.15) is 38.9 Å². The number of hydrogen-bond donors (Lipinski definition) is 1. The topological polar surface area (TPSA) is 70.1 Å². The Kier molecular flexibility index (Phi) is 4.06. The largest absolute Gasteiger partial charge is 0.379 e. The molecule has 1 aromatic rings. The molecule has 1 aliphatic rings. The molecule has 1 fully saturated rings. The monoisotopic (exact) mass is 265 g/mol. The van der Waals surface area contributed by atoms with Gasteiger partial charge in [-0.15, -0.1) is 0 Å². The van der Waals surface area contributed by atoms with Gasteiger partial charge in [-0.3, -0.25) is 9.48 Å². The Bertz CT molecular complexity index is 457. The van der Waals surface area contributed by atoms with E-state index in [1.165, 1.54) is 0 Å². The van der Waals surface area contributed by atoms with Crippen molar-refractivity contribution >= 4 is 5.78 Å². The van der Waals surface area contributed by atoms with Gasteiger partial charge in [-0.05, 0) is 26.3 Å². The third-order valence-corrected chi connectivity index (χ3v) is 4.20. The van der Waals surface area contributed by atoms with Crippen LogP contribution in [0.25, 0.3) is 0 Å². The Morgan fingerprint density at radius 2 is 2.47 bits per heavy atom. The summed E-state index contributed by atoms with van der Waals surface area (Å²) in [6.07, 6.45) is 3.28. The van der Waals surface area contributed by atoms with Gasteiger partial charge < -0.3 is 10.5 Å². The molecule has 0 aromatic carbocycles. The molecule has 1 saturated heterocycles. The Balaban J connectivity index is 2.05. The summed E-state index contributed by atoms with van der Waals surface area (Å²) < 4.78 is 7.23. The van der Waals surface area contributed by atoms with E-state index in [9.17, 15) is 4.79 Å². The third kappa shape index (κ3) is 2.72. The minimum Gasteiger partial charge on any atom is -0.379 e. The molecule has 19 heavy (non-hydrogen) atoms. The van der Waals surface area contributed by atoms with E-state index in [1.807, 2.05) is 23.9 Å². The first-order valence-electron chi connectivity index (χ1n) is 6.88. The van der Waals surface area contributed by atoms with Crippen LogP contribution < -0.4 is 5.73 Å². The minimum absolute atomic E-state index is 0.118. The van der Waals surface area contributed by atoms with E-state index in [0.29, 0.717) is 25.7 Å². The number of aromatic nitrogens is 2. The van der Waals surface area contributed by atoms with Crippen molar-refractivity contribution in [2.24, 2.45) is 11.1 Å². The highest BCUT2D eigenvalue weighted by molar-refractivity contribution is 5.87. The quantitative estimate of drug-likeness (QED) is 0.872. The lowest BCUT2D eigenvalue weighted by molar-refractivity contribution is -0.127. The third-order valence-electron chi connectivity index (χ3n) is 4.20. The summed E-state index contributed by atoms with van der Waals surface area (Å²) >= 11 is 0. The number of Topliss-reactive ketones (excluding diaryl/α,β-unsaturated/α-hetero) is 1. The number of carbonyl (C=O) groups is 1. The molecule has 0 radical (unpaired) electrons. The molecule has 106 valence electrons. The summed E-state index contributed by atoms with van der Waals surface area (Å²) in [5, 5.41) is 4.46. The van der Waals surface area contributed by atoms with E-state index >= 15 is 0 Å². The lowest BCUT2D eigenvalue weighted by Gasteiger charge is -2.24. The van der Waals surface area contributed by atoms with Crippen molar-refractivity contribution in [2.45, 2.75) is 45.7 Å². The first kappa shape index (κ1) is 14.2. The molecular formula is C14H23N3O2. The molecule has 0 spiro atoms. The molecule has 0 aliphatic carbocycles. The van der Waals surface area contributed by atoms with Gasteiger partial charge in [-0.1, -0.05) is 6.92 Å². The molecule has 5 nitrogen and oxygen atoms in total. The predicted molar refractivity (Wildman–Crippen MR) is 72.8 cm³/mol. The van der Waals surface area contributed by atoms with Crippen LogP contribution >= 0.6 is 0 Å². The number of rotatable bonds is 5. The second-order valence-corrected chi connectivity index (χ2v) is 5.68. The summed E-state index contributed by atoms with van der Waals surface area (Å²) in [6.45, 7) is 7.00. The van der Waals surface area contributed by atoms with Gasteiger partial charge >= 0.3 is 0 Å². The number of ketones is 1. The Morgan fingerprint density at radius 3 is 3.05 bits per heavy atom. The normalized spacial score (nSPS) is 28.5. The highest BCUT2D eigenvalue weighted by Gasteiger charge is 2.43. The van der Waals surface area contributed by atoms with Crippen molar-refractivity contribution in [1.29, 1.82) is 0 Å². The van der Waals surface area contributed by atoms with Crippen LogP contribution in [-0.4, -0.2) is 34.8 Å². The van der Waals surface area contributed by atoms with Crippen LogP contribution in [0.5, 0.6) is 0 Å². The molecular weight excluding hydrogens is 242 g/mol. The Labute approximate surface area is 114 Å². The van der Waals surface area contributed by atoms with Crippen LogP contribution in [0.3, 0.4) is 0 Å². The zero-order valence-electron chi connectivity index (χ0n) is 11.9. The van der Waals surface area contributed by atoms with E-state index in [1.54, 1.807) is 0 Å². The van der Waals surface area contributed by atoms with E-state index < -0.39 is 5.41 Å². The van der Waals surface area contributed by atoms with Gasteiger partial charge in [0.15, 0.2) is 0 Å². The average Bonchev–Trinajstić information content (AvgIpc) is 2.97. The van der Waals surface area contributed by atoms with Crippen LogP contribution in [0.2, 0.25) is 0 Å². The van der Waals surface area contributed by atoms with Gasteiger partial charge in [0.1, 0.15) is 5.78 Å². The molecule has 0 amide bonds. The molecule has 1 aliphatic heterocycles. The van der Waals surface area contributed by atoms with E-state index in [4.69, 9.17) is 10.5 Å². The predicted octanol–water partition coefficient (Wildman–Crippen LogP) is 1.33. The molecule has 0 bridgehead atoms. The highest BCUT2D eigenvalue weighted by atomic mass is 16.5. The van der Waals surface area contributed by atoms with Crippen molar-refractivity contribution in [3.05, 3.63) is 18.0 Å². The van der Waals surface area contributed by atoms with Crippen LogP contribution in [0, 0.1) is 5.41 Å². The summed E-state index contributed by atoms with van der Waals surface area (Å²) in [7, 11) is 0. The second-order valence-electron chi connectivity index (χ2n) is 5.68. The van der Waals surface area contributed by atoms with Gasteiger partial charge in [0.25, 0.3) is 0 Å². The first-order valence-corrected chi connectivity index (χ1v) is 6.88. The summed E-state index contributed by atoms with van der Waals surface area (Å²) in [4.78, 5) is 12.4. The molecule has 3 unspecified atom stereocenters. The van der Waals surface area contributed by atoms with Crippen LogP contribution in [-0.2, 0) is 16.0 Å². The molecule has 0 saturated carbocycles. The second kappa shape index (κ2) is 5.43. The number of hydrogen-bond acceptors (Lipinski definition) is 4. The van der Waals surface area contributed by atoms with Gasteiger partial charge in [0.05, 0.1) is 30.7 Å². The number of nitrogens with zero attached hydrogens (tertiary/aromatic N) is 2. The Hall–Kier alpha value is -1.20. The van der Waals surface area contributed by atoms with Crippen molar-refractivity contribution in [3.8, 4) is 0 Å². The van der Waals surface area contributed by atoms with Gasteiger partial charge in [-0.2, -0.15) is 5.10 Å². The van der Waals surface area contributed by atoms with Gasteiger partial charge in [0.2, 0.25) is 0 Å². The zero-order chi connectivity index (χ0) is 14.0.